The summed E-state index contributed by atoms with van der Waals surface area (Å²) in [5.41, 5.74) is 25.4. The van der Waals surface area contributed by atoms with Gasteiger partial charge in [-0.25, -0.2) is 9.97 Å². The zero-order valence-electron chi connectivity index (χ0n) is 27.7. The van der Waals surface area contributed by atoms with Gasteiger partial charge in [0.05, 0.1) is 11.4 Å². The summed E-state index contributed by atoms with van der Waals surface area (Å²) in [6, 6.07) is 20.6. The average Bonchev–Trinajstić information content (AvgIpc) is 2.96. The number of benzene rings is 2. The standard InChI is InChI=1S/2C17H20N6O/c2*1-17(2,3)23-16-12(9-18)13(19)8-14(22-16)21-11-6-4-10(5-7-11)15(20)24/h2*4-8H,1-3H3,(H2,20,24)(H4,19,21,22,23). The molecule has 0 radical (unpaired) electrons. The number of hydrogen-bond donors (Lipinski definition) is 8. The van der Waals surface area contributed by atoms with Crippen LogP contribution in [0.3, 0.4) is 0 Å². The van der Waals surface area contributed by atoms with Gasteiger partial charge in [0.1, 0.15) is 46.5 Å². The molecule has 48 heavy (non-hydrogen) atoms. The number of nitrogens with one attached hydrogen (secondary N) is 4. The van der Waals surface area contributed by atoms with Crippen LogP contribution in [0.15, 0.2) is 60.7 Å². The quantitative estimate of drug-likeness (QED) is 0.123. The first-order valence-electron chi connectivity index (χ1n) is 14.7. The van der Waals surface area contributed by atoms with Gasteiger partial charge in [0.25, 0.3) is 0 Å². The van der Waals surface area contributed by atoms with Crippen LogP contribution >= 0.6 is 0 Å². The van der Waals surface area contributed by atoms with Crippen LogP contribution in [0.5, 0.6) is 0 Å². The van der Waals surface area contributed by atoms with Crippen molar-refractivity contribution in [3.05, 3.63) is 82.9 Å². The average molecular weight is 649 g/mol. The maximum atomic E-state index is 11.1. The Morgan fingerprint density at radius 1 is 0.625 bits per heavy atom. The van der Waals surface area contributed by atoms with Crippen molar-refractivity contribution in [3.63, 3.8) is 0 Å². The van der Waals surface area contributed by atoms with Gasteiger partial charge in [0, 0.05) is 45.7 Å². The van der Waals surface area contributed by atoms with Crippen LogP contribution in [0.4, 0.5) is 46.0 Å². The Labute approximate surface area is 279 Å². The van der Waals surface area contributed by atoms with E-state index in [0.717, 1.165) is 11.4 Å². The van der Waals surface area contributed by atoms with Crippen molar-refractivity contribution >= 4 is 57.8 Å². The topological polar surface area (TPSA) is 260 Å². The lowest BCUT2D eigenvalue weighted by Gasteiger charge is -2.23. The smallest absolute Gasteiger partial charge is 0.248 e. The molecule has 0 spiro atoms. The van der Waals surface area contributed by atoms with Crippen LogP contribution in [0.2, 0.25) is 0 Å². The largest absolute Gasteiger partial charge is 0.397 e. The molecule has 0 saturated heterocycles. The molecule has 0 fully saturated rings. The number of nitrogen functional groups attached to an aromatic ring is 2. The number of hydrogen-bond acceptors (Lipinski definition) is 12. The molecule has 4 aromatic rings. The van der Waals surface area contributed by atoms with E-state index >= 15 is 0 Å². The summed E-state index contributed by atoms with van der Waals surface area (Å²) in [4.78, 5) is 31.0. The van der Waals surface area contributed by atoms with E-state index in [0.29, 0.717) is 56.9 Å². The fraction of sp³-hybridized carbons (Fsp3) is 0.235. The number of nitrogens with zero attached hydrogens (tertiary/aromatic N) is 4. The number of primary amides is 2. The molecule has 0 unspecified atom stereocenters. The van der Waals surface area contributed by atoms with Crippen LogP contribution in [0, 0.1) is 22.7 Å². The molecule has 2 aromatic heterocycles. The molecule has 14 nitrogen and oxygen atoms in total. The number of nitriles is 2. The van der Waals surface area contributed by atoms with Crippen molar-refractivity contribution in [2.75, 3.05) is 32.7 Å². The minimum atomic E-state index is -0.487. The van der Waals surface area contributed by atoms with Gasteiger partial charge in [-0.2, -0.15) is 10.5 Å². The third kappa shape index (κ3) is 10.3. The molecule has 0 aliphatic rings. The summed E-state index contributed by atoms with van der Waals surface area (Å²) in [6.07, 6.45) is 0. The van der Waals surface area contributed by atoms with Crippen molar-refractivity contribution < 1.29 is 9.59 Å². The normalized spacial score (nSPS) is 10.8. The van der Waals surface area contributed by atoms with Crippen molar-refractivity contribution in [2.24, 2.45) is 11.5 Å². The molecule has 4 rings (SSSR count). The molecule has 0 aliphatic heterocycles. The summed E-state index contributed by atoms with van der Waals surface area (Å²) >= 11 is 0. The maximum absolute atomic E-state index is 11.1. The lowest BCUT2D eigenvalue weighted by atomic mass is 10.1. The minimum Gasteiger partial charge on any atom is -0.397 e. The second-order valence-corrected chi connectivity index (χ2v) is 12.7. The number of aromatic nitrogens is 2. The zero-order valence-corrected chi connectivity index (χ0v) is 27.7. The predicted octanol–water partition coefficient (Wildman–Crippen LogP) is 5.18. The van der Waals surface area contributed by atoms with E-state index < -0.39 is 11.8 Å². The summed E-state index contributed by atoms with van der Waals surface area (Å²) < 4.78 is 0. The van der Waals surface area contributed by atoms with Gasteiger partial charge in [0.2, 0.25) is 11.8 Å². The second kappa shape index (κ2) is 14.7. The van der Waals surface area contributed by atoms with Gasteiger partial charge < -0.3 is 44.2 Å². The number of anilines is 8. The van der Waals surface area contributed by atoms with E-state index in [2.05, 4.69) is 43.4 Å². The zero-order chi connectivity index (χ0) is 35.8. The molecule has 2 amide bonds. The molecule has 2 aromatic carbocycles. The Morgan fingerprint density at radius 3 is 1.19 bits per heavy atom. The van der Waals surface area contributed by atoms with Gasteiger partial charge in [-0.05, 0) is 90.1 Å². The molecule has 0 saturated carbocycles. The number of carbonyl (C=O) groups excluding carboxylic acids is 2. The maximum Gasteiger partial charge on any atom is 0.248 e. The van der Waals surface area contributed by atoms with Crippen LogP contribution in [0.1, 0.15) is 73.4 Å². The van der Waals surface area contributed by atoms with Gasteiger partial charge in [-0.1, -0.05) is 0 Å². The minimum absolute atomic E-state index is 0.271. The predicted molar refractivity (Wildman–Crippen MR) is 190 cm³/mol. The molecular formula is C34H40N12O2. The highest BCUT2D eigenvalue weighted by atomic mass is 16.1. The van der Waals surface area contributed by atoms with Crippen LogP contribution < -0.4 is 44.2 Å². The highest BCUT2D eigenvalue weighted by Gasteiger charge is 2.18. The van der Waals surface area contributed by atoms with Gasteiger partial charge in [0.15, 0.2) is 0 Å². The third-order valence-electron chi connectivity index (χ3n) is 6.19. The molecule has 248 valence electrons. The Bertz CT molecular complexity index is 1740. The number of carbonyl (C=O) groups is 2. The van der Waals surface area contributed by atoms with E-state index in [9.17, 15) is 20.1 Å². The van der Waals surface area contributed by atoms with E-state index in [-0.39, 0.29) is 11.1 Å². The van der Waals surface area contributed by atoms with E-state index in [4.69, 9.17) is 22.9 Å². The molecule has 0 aliphatic carbocycles. The fourth-order valence-electron chi connectivity index (χ4n) is 4.12. The van der Waals surface area contributed by atoms with Gasteiger partial charge in [-0.3, -0.25) is 9.59 Å². The number of rotatable bonds is 8. The number of amides is 2. The summed E-state index contributed by atoms with van der Waals surface area (Å²) in [6.45, 7) is 11.8. The Balaban J connectivity index is 0.000000260. The molecule has 2 heterocycles. The van der Waals surface area contributed by atoms with Crippen LogP contribution in [-0.4, -0.2) is 32.9 Å². The first kappa shape index (κ1) is 35.9. The Hall–Kier alpha value is -6.54. The Kier molecular flexibility index (Phi) is 11.0. The molecule has 0 atom stereocenters. The van der Waals surface area contributed by atoms with Crippen LogP contribution in [-0.2, 0) is 0 Å². The molecule has 0 bridgehead atoms. The highest BCUT2D eigenvalue weighted by molar-refractivity contribution is 5.93. The number of pyridine rings is 2. The Morgan fingerprint density at radius 2 is 0.938 bits per heavy atom. The monoisotopic (exact) mass is 648 g/mol. The lowest BCUT2D eigenvalue weighted by Crippen LogP contribution is -2.27. The van der Waals surface area contributed by atoms with Gasteiger partial charge in [-0.15, -0.1) is 0 Å². The van der Waals surface area contributed by atoms with Gasteiger partial charge >= 0.3 is 0 Å². The molecule has 14 heteroatoms. The van der Waals surface area contributed by atoms with Crippen molar-refractivity contribution in [1.82, 2.24) is 9.97 Å². The fourth-order valence-corrected chi connectivity index (χ4v) is 4.12. The summed E-state index contributed by atoms with van der Waals surface area (Å²) in [5, 5.41) is 31.1. The lowest BCUT2D eigenvalue weighted by molar-refractivity contribution is 0.0992. The van der Waals surface area contributed by atoms with E-state index in [1.54, 1.807) is 60.7 Å². The van der Waals surface area contributed by atoms with Crippen molar-refractivity contribution in [1.29, 1.82) is 10.5 Å². The number of nitrogens with two attached hydrogens (primary N) is 4. The second-order valence-electron chi connectivity index (χ2n) is 12.7. The SMILES string of the molecule is CC(C)(C)Nc1nc(Nc2ccc(C(N)=O)cc2)cc(N)c1C#N.CC(C)(C)Nc1nc(Nc2ccc(C(N)=O)cc2)cc(N)c1C#N. The third-order valence-corrected chi connectivity index (χ3v) is 6.19. The first-order valence-corrected chi connectivity index (χ1v) is 14.7. The van der Waals surface area contributed by atoms with E-state index in [1.165, 1.54) is 0 Å². The van der Waals surface area contributed by atoms with Crippen molar-refractivity contribution in [2.45, 2.75) is 52.6 Å². The highest BCUT2D eigenvalue weighted by Crippen LogP contribution is 2.29. The molecule has 12 N–H and O–H groups in total. The van der Waals surface area contributed by atoms with Crippen LogP contribution in [0.25, 0.3) is 0 Å². The summed E-state index contributed by atoms with van der Waals surface area (Å²) in [5.74, 6) is 0.843. The van der Waals surface area contributed by atoms with Crippen molar-refractivity contribution in [3.8, 4) is 12.1 Å². The van der Waals surface area contributed by atoms with E-state index in [1.807, 2.05) is 41.5 Å². The molecular weight excluding hydrogens is 608 g/mol. The summed E-state index contributed by atoms with van der Waals surface area (Å²) in [7, 11) is 0. The first-order chi connectivity index (χ1) is 22.4.